The highest BCUT2D eigenvalue weighted by molar-refractivity contribution is 5.94. The van der Waals surface area contributed by atoms with E-state index in [2.05, 4.69) is 5.32 Å². The van der Waals surface area contributed by atoms with Crippen LogP contribution in [0.3, 0.4) is 0 Å². The molecular formula is C26H26F3NO2. The molecular weight excluding hydrogens is 415 g/mol. The van der Waals surface area contributed by atoms with Crippen molar-refractivity contribution < 1.29 is 22.7 Å². The molecule has 0 saturated heterocycles. The summed E-state index contributed by atoms with van der Waals surface area (Å²) in [5.74, 6) is 0.568. The van der Waals surface area contributed by atoms with E-state index in [9.17, 15) is 18.0 Å². The van der Waals surface area contributed by atoms with E-state index in [-0.39, 0.29) is 11.8 Å². The monoisotopic (exact) mass is 441 g/mol. The molecule has 1 N–H and O–H groups in total. The molecule has 3 aromatic rings. The van der Waals surface area contributed by atoms with E-state index >= 15 is 0 Å². The lowest BCUT2D eigenvalue weighted by molar-refractivity contribution is -0.137. The Balaban J connectivity index is 1.75. The number of hydrogen-bond acceptors (Lipinski definition) is 2. The predicted molar refractivity (Wildman–Crippen MR) is 118 cm³/mol. The molecule has 3 rings (SSSR count). The van der Waals surface area contributed by atoms with Gasteiger partial charge in [0.15, 0.2) is 0 Å². The van der Waals surface area contributed by atoms with E-state index in [1.807, 2.05) is 50.2 Å². The Hall–Kier alpha value is -3.28. The molecule has 3 nitrogen and oxygen atoms in total. The Morgan fingerprint density at radius 3 is 2.34 bits per heavy atom. The zero-order valence-corrected chi connectivity index (χ0v) is 18.0. The van der Waals surface area contributed by atoms with Gasteiger partial charge in [0.1, 0.15) is 12.4 Å². The Morgan fingerprint density at radius 1 is 0.938 bits per heavy atom. The van der Waals surface area contributed by atoms with Gasteiger partial charge in [0.05, 0.1) is 11.6 Å². The van der Waals surface area contributed by atoms with Gasteiger partial charge >= 0.3 is 6.18 Å². The minimum Gasteiger partial charge on any atom is -0.489 e. The fraction of sp³-hybridized carbons (Fsp3) is 0.269. The van der Waals surface area contributed by atoms with Gasteiger partial charge in [-0.3, -0.25) is 4.79 Å². The highest BCUT2D eigenvalue weighted by Gasteiger charge is 2.31. The number of benzene rings is 3. The molecule has 0 aliphatic rings. The minimum atomic E-state index is -4.44. The van der Waals surface area contributed by atoms with Gasteiger partial charge in [0.2, 0.25) is 0 Å². The highest BCUT2D eigenvalue weighted by atomic mass is 19.4. The highest BCUT2D eigenvalue weighted by Crippen LogP contribution is 2.32. The zero-order chi connectivity index (χ0) is 23.1. The summed E-state index contributed by atoms with van der Waals surface area (Å²) in [4.78, 5) is 12.9. The first-order chi connectivity index (χ1) is 15.2. The van der Waals surface area contributed by atoms with Crippen LogP contribution in [-0.2, 0) is 12.8 Å². The topological polar surface area (TPSA) is 38.3 Å². The quantitative estimate of drug-likeness (QED) is 0.417. The summed E-state index contributed by atoms with van der Waals surface area (Å²) in [6.07, 6.45) is -3.92. The standard InChI is InChI=1S/C26H26F3NO2/c1-18(2)14-24(20-9-7-11-22(16-20)26(27,28)29)30-25(31)21-10-6-8-19(15-21)17-32-23-12-4-3-5-13-23/h3-13,15-16,18,24H,14,17H2,1-2H3,(H,30,31). The number of alkyl halides is 3. The third kappa shape index (κ3) is 6.61. The Morgan fingerprint density at radius 2 is 1.66 bits per heavy atom. The van der Waals surface area contributed by atoms with E-state index in [0.29, 0.717) is 24.2 Å². The maximum Gasteiger partial charge on any atom is 0.416 e. The number of rotatable bonds is 8. The number of amides is 1. The number of halogens is 3. The molecule has 0 bridgehead atoms. The van der Waals surface area contributed by atoms with E-state index in [4.69, 9.17) is 4.74 Å². The summed E-state index contributed by atoms with van der Waals surface area (Å²) in [6.45, 7) is 4.23. The van der Waals surface area contributed by atoms with Crippen LogP contribution in [0, 0.1) is 5.92 Å². The van der Waals surface area contributed by atoms with Crippen molar-refractivity contribution in [1.29, 1.82) is 0 Å². The van der Waals surface area contributed by atoms with Crippen LogP contribution in [0.15, 0.2) is 78.9 Å². The van der Waals surface area contributed by atoms with Crippen LogP contribution in [0.1, 0.15) is 53.4 Å². The van der Waals surface area contributed by atoms with Crippen molar-refractivity contribution in [3.05, 3.63) is 101 Å². The van der Waals surface area contributed by atoms with Gasteiger partial charge < -0.3 is 10.1 Å². The molecule has 1 amide bonds. The predicted octanol–water partition coefficient (Wildman–Crippen LogP) is 6.80. The van der Waals surface area contributed by atoms with Crippen molar-refractivity contribution in [2.45, 2.75) is 39.1 Å². The molecule has 1 atom stereocenters. The molecule has 0 fully saturated rings. The SMILES string of the molecule is CC(C)CC(NC(=O)c1cccc(COc2ccccc2)c1)c1cccc(C(F)(F)F)c1. The van der Waals surface area contributed by atoms with Crippen molar-refractivity contribution in [1.82, 2.24) is 5.32 Å². The molecule has 0 spiro atoms. The van der Waals surface area contributed by atoms with Gasteiger partial charge in [-0.05, 0) is 59.9 Å². The summed E-state index contributed by atoms with van der Waals surface area (Å²) < 4.78 is 45.2. The normalized spacial score (nSPS) is 12.4. The number of carbonyl (C=O) groups excluding carboxylic acids is 1. The molecule has 1 unspecified atom stereocenters. The summed E-state index contributed by atoms with van der Waals surface area (Å²) in [5, 5.41) is 2.91. The second kappa shape index (κ2) is 10.4. The third-order valence-corrected chi connectivity index (χ3v) is 4.97. The molecule has 0 saturated carbocycles. The average molecular weight is 441 g/mol. The third-order valence-electron chi connectivity index (χ3n) is 4.97. The van der Waals surface area contributed by atoms with Gasteiger partial charge in [-0.25, -0.2) is 0 Å². The molecule has 0 aliphatic carbocycles. The maximum absolute atomic E-state index is 13.2. The second-order valence-electron chi connectivity index (χ2n) is 8.08. The second-order valence-corrected chi connectivity index (χ2v) is 8.08. The fourth-order valence-electron chi connectivity index (χ4n) is 3.41. The van der Waals surface area contributed by atoms with Crippen LogP contribution in [0.4, 0.5) is 13.2 Å². The molecule has 6 heteroatoms. The number of carbonyl (C=O) groups is 1. The Labute approximate surface area is 186 Å². The van der Waals surface area contributed by atoms with Crippen LogP contribution >= 0.6 is 0 Å². The first kappa shape index (κ1) is 23.4. The lowest BCUT2D eigenvalue weighted by atomic mass is 9.95. The number of ether oxygens (including phenoxy) is 1. The maximum atomic E-state index is 13.2. The Kier molecular flexibility index (Phi) is 7.57. The van der Waals surface area contributed by atoms with Crippen LogP contribution < -0.4 is 10.1 Å². The molecule has 0 radical (unpaired) electrons. The number of hydrogen-bond donors (Lipinski definition) is 1. The van der Waals surface area contributed by atoms with Crippen LogP contribution in [-0.4, -0.2) is 5.91 Å². The summed E-state index contributed by atoms with van der Waals surface area (Å²) in [5.41, 5.74) is 0.962. The van der Waals surface area contributed by atoms with E-state index in [1.165, 1.54) is 6.07 Å². The van der Waals surface area contributed by atoms with E-state index in [0.717, 1.165) is 23.4 Å². The van der Waals surface area contributed by atoms with Crippen LogP contribution in [0.5, 0.6) is 5.75 Å². The smallest absolute Gasteiger partial charge is 0.416 e. The first-order valence-electron chi connectivity index (χ1n) is 10.5. The van der Waals surface area contributed by atoms with Crippen molar-refractivity contribution in [2.75, 3.05) is 0 Å². The average Bonchev–Trinajstić information content (AvgIpc) is 2.77. The van der Waals surface area contributed by atoms with Crippen molar-refractivity contribution >= 4 is 5.91 Å². The van der Waals surface area contributed by atoms with Crippen LogP contribution in [0.25, 0.3) is 0 Å². The summed E-state index contributed by atoms with van der Waals surface area (Å²) in [7, 11) is 0. The number of nitrogens with one attached hydrogen (secondary N) is 1. The lowest BCUT2D eigenvalue weighted by Crippen LogP contribution is -2.29. The lowest BCUT2D eigenvalue weighted by Gasteiger charge is -2.22. The molecule has 168 valence electrons. The van der Waals surface area contributed by atoms with Gasteiger partial charge in [-0.2, -0.15) is 13.2 Å². The van der Waals surface area contributed by atoms with Gasteiger partial charge in [0.25, 0.3) is 5.91 Å². The molecule has 3 aromatic carbocycles. The minimum absolute atomic E-state index is 0.181. The Bertz CT molecular complexity index is 1030. The van der Waals surface area contributed by atoms with E-state index in [1.54, 1.807) is 24.3 Å². The van der Waals surface area contributed by atoms with E-state index < -0.39 is 17.8 Å². The molecule has 0 heterocycles. The fourth-order valence-corrected chi connectivity index (χ4v) is 3.41. The zero-order valence-electron chi connectivity index (χ0n) is 18.0. The molecule has 32 heavy (non-hydrogen) atoms. The van der Waals surface area contributed by atoms with Crippen molar-refractivity contribution in [2.24, 2.45) is 5.92 Å². The summed E-state index contributed by atoms with van der Waals surface area (Å²) in [6, 6.07) is 21.0. The van der Waals surface area contributed by atoms with Gasteiger partial charge in [-0.1, -0.05) is 56.3 Å². The summed E-state index contributed by atoms with van der Waals surface area (Å²) >= 11 is 0. The molecule has 0 aromatic heterocycles. The van der Waals surface area contributed by atoms with Gasteiger partial charge in [-0.15, -0.1) is 0 Å². The molecule has 0 aliphatic heterocycles. The van der Waals surface area contributed by atoms with Gasteiger partial charge in [0, 0.05) is 5.56 Å². The van der Waals surface area contributed by atoms with Crippen molar-refractivity contribution in [3.63, 3.8) is 0 Å². The first-order valence-corrected chi connectivity index (χ1v) is 10.5. The van der Waals surface area contributed by atoms with Crippen molar-refractivity contribution in [3.8, 4) is 5.75 Å². The number of para-hydroxylation sites is 1. The largest absolute Gasteiger partial charge is 0.489 e. The van der Waals surface area contributed by atoms with Crippen LogP contribution in [0.2, 0.25) is 0 Å².